The zero-order valence-corrected chi connectivity index (χ0v) is 12.2. The van der Waals surface area contributed by atoms with E-state index in [-0.39, 0.29) is 11.8 Å². The van der Waals surface area contributed by atoms with Crippen LogP contribution in [0.5, 0.6) is 0 Å². The topological polar surface area (TPSA) is 41.1 Å². The van der Waals surface area contributed by atoms with Gasteiger partial charge in [0, 0.05) is 13.1 Å². The van der Waals surface area contributed by atoms with E-state index in [4.69, 9.17) is 0 Å². The Hall–Kier alpha value is -1.35. The lowest BCUT2D eigenvalue weighted by Crippen LogP contribution is -2.33. The van der Waals surface area contributed by atoms with Gasteiger partial charge < -0.3 is 10.6 Å². The van der Waals surface area contributed by atoms with Crippen molar-refractivity contribution in [3.63, 3.8) is 0 Å². The molecule has 0 aliphatic carbocycles. The van der Waals surface area contributed by atoms with Gasteiger partial charge in [-0.2, -0.15) is 0 Å². The molecular weight excluding hydrogens is 236 g/mol. The SMILES string of the molecule is Cc1ccc(CCNC(=O)C2CCNC2)c(C)c1C. The molecule has 1 atom stereocenters. The summed E-state index contributed by atoms with van der Waals surface area (Å²) >= 11 is 0. The number of nitrogens with one attached hydrogen (secondary N) is 2. The summed E-state index contributed by atoms with van der Waals surface area (Å²) in [5.74, 6) is 0.368. The van der Waals surface area contributed by atoms with Crippen LogP contribution in [0.25, 0.3) is 0 Å². The molecule has 0 radical (unpaired) electrons. The van der Waals surface area contributed by atoms with Crippen molar-refractivity contribution in [3.05, 3.63) is 34.4 Å². The maximum absolute atomic E-state index is 11.9. The minimum atomic E-state index is 0.167. The number of carbonyl (C=O) groups is 1. The van der Waals surface area contributed by atoms with Crippen LogP contribution in [0.1, 0.15) is 28.7 Å². The predicted octanol–water partition coefficient (Wildman–Crippen LogP) is 1.88. The highest BCUT2D eigenvalue weighted by Gasteiger charge is 2.21. The van der Waals surface area contributed by atoms with Gasteiger partial charge in [-0.15, -0.1) is 0 Å². The molecule has 0 spiro atoms. The lowest BCUT2D eigenvalue weighted by Gasteiger charge is -2.13. The largest absolute Gasteiger partial charge is 0.355 e. The molecule has 1 aliphatic rings. The van der Waals surface area contributed by atoms with Crippen molar-refractivity contribution in [2.45, 2.75) is 33.6 Å². The number of benzene rings is 1. The third-order valence-electron chi connectivity index (χ3n) is 4.29. The molecule has 1 aliphatic heterocycles. The fourth-order valence-corrected chi connectivity index (χ4v) is 2.63. The van der Waals surface area contributed by atoms with Gasteiger partial charge in [-0.05, 0) is 62.4 Å². The van der Waals surface area contributed by atoms with E-state index < -0.39 is 0 Å². The first-order chi connectivity index (χ1) is 9.09. The van der Waals surface area contributed by atoms with E-state index in [1.165, 1.54) is 22.3 Å². The van der Waals surface area contributed by atoms with Crippen LogP contribution >= 0.6 is 0 Å². The number of hydrogen-bond acceptors (Lipinski definition) is 2. The smallest absolute Gasteiger partial charge is 0.224 e. The van der Waals surface area contributed by atoms with Gasteiger partial charge in [0.15, 0.2) is 0 Å². The van der Waals surface area contributed by atoms with Gasteiger partial charge in [0.25, 0.3) is 0 Å². The molecule has 1 aromatic rings. The first-order valence-electron chi connectivity index (χ1n) is 7.13. The van der Waals surface area contributed by atoms with Crippen molar-refractivity contribution >= 4 is 5.91 Å². The summed E-state index contributed by atoms with van der Waals surface area (Å²) in [7, 11) is 0. The molecule has 3 nitrogen and oxygen atoms in total. The summed E-state index contributed by atoms with van der Waals surface area (Å²) in [4.78, 5) is 11.9. The van der Waals surface area contributed by atoms with E-state index in [1.54, 1.807) is 0 Å². The third kappa shape index (κ3) is 3.35. The zero-order chi connectivity index (χ0) is 13.8. The normalized spacial score (nSPS) is 18.6. The number of hydrogen-bond donors (Lipinski definition) is 2. The molecule has 1 amide bonds. The highest BCUT2D eigenvalue weighted by Crippen LogP contribution is 2.17. The minimum Gasteiger partial charge on any atom is -0.355 e. The molecule has 1 aromatic carbocycles. The van der Waals surface area contributed by atoms with Gasteiger partial charge in [0.2, 0.25) is 5.91 Å². The molecule has 1 fully saturated rings. The Bertz CT molecular complexity index is 462. The molecule has 104 valence electrons. The Labute approximate surface area is 115 Å². The van der Waals surface area contributed by atoms with E-state index in [0.29, 0.717) is 0 Å². The first kappa shape index (κ1) is 14.1. The van der Waals surface area contributed by atoms with Crippen LogP contribution in [0.2, 0.25) is 0 Å². The highest BCUT2D eigenvalue weighted by molar-refractivity contribution is 5.79. The average Bonchev–Trinajstić information content (AvgIpc) is 2.92. The summed E-state index contributed by atoms with van der Waals surface area (Å²) < 4.78 is 0. The zero-order valence-electron chi connectivity index (χ0n) is 12.2. The minimum absolute atomic E-state index is 0.167. The number of carbonyl (C=O) groups excluding carboxylic acids is 1. The van der Waals surface area contributed by atoms with Gasteiger partial charge >= 0.3 is 0 Å². The van der Waals surface area contributed by atoms with Crippen LogP contribution < -0.4 is 10.6 Å². The molecule has 1 saturated heterocycles. The summed E-state index contributed by atoms with van der Waals surface area (Å²) in [6.45, 7) is 9.00. The molecule has 3 heteroatoms. The van der Waals surface area contributed by atoms with Crippen molar-refractivity contribution in [2.75, 3.05) is 19.6 Å². The maximum Gasteiger partial charge on any atom is 0.224 e. The second-order valence-corrected chi connectivity index (χ2v) is 5.52. The Morgan fingerprint density at radius 3 is 2.79 bits per heavy atom. The van der Waals surface area contributed by atoms with Gasteiger partial charge in [-0.1, -0.05) is 12.1 Å². The standard InChI is InChI=1S/C16H24N2O/c1-11-4-5-14(13(3)12(11)2)7-9-18-16(19)15-6-8-17-10-15/h4-5,15,17H,6-10H2,1-3H3,(H,18,19). The molecule has 2 N–H and O–H groups in total. The third-order valence-corrected chi connectivity index (χ3v) is 4.29. The quantitative estimate of drug-likeness (QED) is 0.868. The lowest BCUT2D eigenvalue weighted by atomic mass is 9.97. The van der Waals surface area contributed by atoms with Gasteiger partial charge in [-0.25, -0.2) is 0 Å². The van der Waals surface area contributed by atoms with Gasteiger partial charge in [-0.3, -0.25) is 4.79 Å². The highest BCUT2D eigenvalue weighted by atomic mass is 16.1. The van der Waals surface area contributed by atoms with Crippen molar-refractivity contribution < 1.29 is 4.79 Å². The molecule has 2 rings (SSSR count). The monoisotopic (exact) mass is 260 g/mol. The second kappa shape index (κ2) is 6.20. The van der Waals surface area contributed by atoms with E-state index in [1.807, 2.05) is 0 Å². The Morgan fingerprint density at radius 2 is 2.11 bits per heavy atom. The summed E-state index contributed by atoms with van der Waals surface area (Å²) in [5, 5.41) is 6.28. The van der Waals surface area contributed by atoms with E-state index >= 15 is 0 Å². The molecule has 0 saturated carbocycles. The van der Waals surface area contributed by atoms with Crippen LogP contribution in [0.15, 0.2) is 12.1 Å². The Kier molecular flexibility index (Phi) is 4.59. The van der Waals surface area contributed by atoms with Crippen molar-refractivity contribution in [1.29, 1.82) is 0 Å². The first-order valence-corrected chi connectivity index (χ1v) is 7.13. The van der Waals surface area contributed by atoms with Crippen molar-refractivity contribution in [3.8, 4) is 0 Å². The summed E-state index contributed by atoms with van der Waals surface area (Å²) in [6.07, 6.45) is 1.88. The van der Waals surface area contributed by atoms with Crippen LogP contribution in [-0.2, 0) is 11.2 Å². The van der Waals surface area contributed by atoms with E-state index in [9.17, 15) is 4.79 Å². The maximum atomic E-state index is 11.9. The molecule has 0 bridgehead atoms. The van der Waals surface area contributed by atoms with Crippen molar-refractivity contribution in [2.24, 2.45) is 5.92 Å². The number of amides is 1. The van der Waals surface area contributed by atoms with Crippen LogP contribution in [0.4, 0.5) is 0 Å². The van der Waals surface area contributed by atoms with Crippen LogP contribution in [-0.4, -0.2) is 25.5 Å². The average molecular weight is 260 g/mol. The number of aryl methyl sites for hydroxylation is 1. The lowest BCUT2D eigenvalue weighted by molar-refractivity contribution is -0.124. The molecule has 0 aromatic heterocycles. The molecule has 1 unspecified atom stereocenters. The molecule has 1 heterocycles. The second-order valence-electron chi connectivity index (χ2n) is 5.52. The Balaban J connectivity index is 1.85. The fraction of sp³-hybridized carbons (Fsp3) is 0.562. The predicted molar refractivity (Wildman–Crippen MR) is 78.3 cm³/mol. The van der Waals surface area contributed by atoms with E-state index in [0.717, 1.165) is 32.5 Å². The van der Waals surface area contributed by atoms with E-state index in [2.05, 4.69) is 43.5 Å². The van der Waals surface area contributed by atoms with Crippen LogP contribution in [0, 0.1) is 26.7 Å². The molecule has 19 heavy (non-hydrogen) atoms. The Morgan fingerprint density at radius 1 is 1.32 bits per heavy atom. The van der Waals surface area contributed by atoms with Crippen LogP contribution in [0.3, 0.4) is 0 Å². The fourth-order valence-electron chi connectivity index (χ4n) is 2.63. The summed E-state index contributed by atoms with van der Waals surface area (Å²) in [6, 6.07) is 4.35. The molecular formula is C16H24N2O. The van der Waals surface area contributed by atoms with Gasteiger partial charge in [0.05, 0.1) is 5.92 Å². The number of rotatable bonds is 4. The summed E-state index contributed by atoms with van der Waals surface area (Å²) in [5.41, 5.74) is 5.40. The van der Waals surface area contributed by atoms with Crippen molar-refractivity contribution in [1.82, 2.24) is 10.6 Å². The van der Waals surface area contributed by atoms with Gasteiger partial charge in [0.1, 0.15) is 0 Å².